The number of benzene rings is 2. The van der Waals surface area contributed by atoms with Crippen LogP contribution in [0.25, 0.3) is 0 Å². The highest BCUT2D eigenvalue weighted by Gasteiger charge is 2.18. The van der Waals surface area contributed by atoms with Gasteiger partial charge < -0.3 is 14.8 Å². The molecule has 1 atom stereocenters. The average molecular weight is 378 g/mol. The summed E-state index contributed by atoms with van der Waals surface area (Å²) in [5, 5.41) is 7.50. The van der Waals surface area contributed by atoms with Gasteiger partial charge in [0.2, 0.25) is 10.0 Å². The molecule has 0 spiro atoms. The zero-order valence-corrected chi connectivity index (χ0v) is 14.7. The van der Waals surface area contributed by atoms with Gasteiger partial charge in [0.05, 0.1) is 4.90 Å². The van der Waals surface area contributed by atoms with E-state index in [-0.39, 0.29) is 11.5 Å². The largest absolute Gasteiger partial charge is 0.482 e. The Morgan fingerprint density at radius 3 is 2.27 bits per heavy atom. The molecule has 2 rings (SSSR count). The molecule has 138 valence electrons. The summed E-state index contributed by atoms with van der Waals surface area (Å²) in [6.45, 7) is 1.08. The lowest BCUT2D eigenvalue weighted by Gasteiger charge is -2.14. The molecule has 1 amide bonds. The van der Waals surface area contributed by atoms with Gasteiger partial charge >= 0.3 is 5.97 Å². The molecular formula is C17H18N2O6S. The number of nitrogens with one attached hydrogen (secondary N) is 1. The van der Waals surface area contributed by atoms with Gasteiger partial charge in [-0.25, -0.2) is 18.4 Å². The van der Waals surface area contributed by atoms with Crippen LogP contribution in [0.1, 0.15) is 6.92 Å². The smallest absolute Gasteiger partial charge is 0.344 e. The first-order valence-corrected chi connectivity index (χ1v) is 9.11. The number of amides is 1. The zero-order valence-electron chi connectivity index (χ0n) is 13.9. The van der Waals surface area contributed by atoms with Crippen molar-refractivity contribution in [1.82, 2.24) is 0 Å². The van der Waals surface area contributed by atoms with Crippen molar-refractivity contribution in [2.75, 3.05) is 11.9 Å². The molecule has 3 N–H and O–H groups in total. The summed E-state index contributed by atoms with van der Waals surface area (Å²) in [5.74, 6) is -0.751. The number of carbonyl (C=O) groups excluding carboxylic acids is 2. The lowest BCUT2D eigenvalue weighted by Crippen LogP contribution is -2.31. The molecule has 2 aromatic carbocycles. The van der Waals surface area contributed by atoms with Gasteiger partial charge in [-0.15, -0.1) is 0 Å². The van der Waals surface area contributed by atoms with Crippen LogP contribution in [-0.4, -0.2) is 33.0 Å². The fourth-order valence-corrected chi connectivity index (χ4v) is 2.43. The molecule has 0 fully saturated rings. The number of rotatable bonds is 7. The standard InChI is InChI=1S/C17H18N2O6S/c1-12(25-16(20)11-24-14-5-3-2-4-6-14)17(21)19-13-7-9-15(10-8-13)26(18,22)23/h2-10,12H,11H2,1H3,(H,19,21)(H2,18,22,23)/t12-/m1/s1. The van der Waals surface area contributed by atoms with Crippen LogP contribution in [-0.2, 0) is 24.3 Å². The number of esters is 1. The normalized spacial score (nSPS) is 12.1. The number of nitrogens with two attached hydrogens (primary N) is 1. The second kappa shape index (κ2) is 8.45. The summed E-state index contributed by atoms with van der Waals surface area (Å²) in [7, 11) is -3.81. The van der Waals surface area contributed by atoms with Crippen LogP contribution < -0.4 is 15.2 Å². The number of anilines is 1. The van der Waals surface area contributed by atoms with Gasteiger partial charge in [0.15, 0.2) is 12.7 Å². The second-order valence-electron chi connectivity index (χ2n) is 5.29. The molecule has 0 saturated heterocycles. The summed E-state index contributed by atoms with van der Waals surface area (Å²) in [6, 6.07) is 14.0. The van der Waals surface area contributed by atoms with E-state index < -0.39 is 28.0 Å². The highest BCUT2D eigenvalue weighted by Crippen LogP contribution is 2.13. The molecule has 0 radical (unpaired) electrons. The maximum Gasteiger partial charge on any atom is 0.344 e. The van der Waals surface area contributed by atoms with E-state index in [0.29, 0.717) is 11.4 Å². The van der Waals surface area contributed by atoms with Crippen molar-refractivity contribution in [2.24, 2.45) is 5.14 Å². The fourth-order valence-electron chi connectivity index (χ4n) is 1.92. The third-order valence-corrected chi connectivity index (χ3v) is 4.16. The minimum absolute atomic E-state index is 0.0759. The maximum absolute atomic E-state index is 12.0. The Labute approximate surface area is 151 Å². The van der Waals surface area contributed by atoms with E-state index in [9.17, 15) is 18.0 Å². The van der Waals surface area contributed by atoms with E-state index in [1.807, 2.05) is 6.07 Å². The molecule has 26 heavy (non-hydrogen) atoms. The summed E-state index contributed by atoms with van der Waals surface area (Å²) < 4.78 is 32.6. The summed E-state index contributed by atoms with van der Waals surface area (Å²) in [5.41, 5.74) is 0.339. The van der Waals surface area contributed by atoms with Crippen molar-refractivity contribution in [3.63, 3.8) is 0 Å². The van der Waals surface area contributed by atoms with E-state index in [0.717, 1.165) is 0 Å². The lowest BCUT2D eigenvalue weighted by atomic mass is 10.3. The topological polar surface area (TPSA) is 125 Å². The first kappa shape index (κ1) is 19.4. The van der Waals surface area contributed by atoms with Crippen LogP contribution in [0.15, 0.2) is 59.5 Å². The SMILES string of the molecule is C[C@@H](OC(=O)COc1ccccc1)C(=O)Nc1ccc(S(N)(=O)=O)cc1. The van der Waals surface area contributed by atoms with E-state index in [1.165, 1.54) is 31.2 Å². The molecule has 8 nitrogen and oxygen atoms in total. The molecule has 0 heterocycles. The van der Waals surface area contributed by atoms with Crippen LogP contribution in [0.3, 0.4) is 0 Å². The van der Waals surface area contributed by atoms with E-state index >= 15 is 0 Å². The van der Waals surface area contributed by atoms with Crippen molar-refractivity contribution < 1.29 is 27.5 Å². The van der Waals surface area contributed by atoms with Gasteiger partial charge in [0, 0.05) is 5.69 Å². The molecule has 0 saturated carbocycles. The van der Waals surface area contributed by atoms with E-state index in [1.54, 1.807) is 24.3 Å². The molecule has 0 aliphatic carbocycles. The molecule has 0 aliphatic rings. The van der Waals surface area contributed by atoms with Gasteiger partial charge in [-0.2, -0.15) is 0 Å². The Hall–Kier alpha value is -2.91. The van der Waals surface area contributed by atoms with Crippen molar-refractivity contribution in [2.45, 2.75) is 17.9 Å². The Balaban J connectivity index is 1.84. The molecule has 0 aromatic heterocycles. The first-order valence-electron chi connectivity index (χ1n) is 7.57. The van der Waals surface area contributed by atoms with Gasteiger partial charge in [-0.05, 0) is 43.3 Å². The maximum atomic E-state index is 12.0. The average Bonchev–Trinajstić information content (AvgIpc) is 2.60. The molecule has 2 aromatic rings. The zero-order chi connectivity index (χ0) is 19.2. The van der Waals surface area contributed by atoms with Gasteiger partial charge in [0.25, 0.3) is 5.91 Å². The predicted molar refractivity (Wildman–Crippen MR) is 93.9 cm³/mol. The number of primary sulfonamides is 1. The van der Waals surface area contributed by atoms with Crippen molar-refractivity contribution >= 4 is 27.6 Å². The molecular weight excluding hydrogens is 360 g/mol. The van der Waals surface area contributed by atoms with E-state index in [4.69, 9.17) is 14.6 Å². The van der Waals surface area contributed by atoms with Gasteiger partial charge in [0.1, 0.15) is 5.75 Å². The minimum atomic E-state index is -3.81. The lowest BCUT2D eigenvalue weighted by molar-refractivity contribution is -0.155. The Kier molecular flexibility index (Phi) is 6.31. The Morgan fingerprint density at radius 1 is 1.08 bits per heavy atom. The van der Waals surface area contributed by atoms with Crippen molar-refractivity contribution in [3.8, 4) is 5.75 Å². The van der Waals surface area contributed by atoms with Crippen LogP contribution >= 0.6 is 0 Å². The molecule has 0 aliphatic heterocycles. The number of sulfonamides is 1. The summed E-state index contributed by atoms with van der Waals surface area (Å²) in [6.07, 6.45) is -1.06. The number of hydrogen-bond donors (Lipinski definition) is 2. The third kappa shape index (κ3) is 5.87. The number of hydrogen-bond acceptors (Lipinski definition) is 6. The first-order chi connectivity index (χ1) is 12.3. The van der Waals surface area contributed by atoms with E-state index in [2.05, 4.69) is 5.32 Å². The quantitative estimate of drug-likeness (QED) is 0.699. The number of para-hydroxylation sites is 1. The Morgan fingerprint density at radius 2 is 1.69 bits per heavy atom. The number of carbonyl (C=O) groups is 2. The van der Waals surface area contributed by atoms with Crippen LogP contribution in [0.5, 0.6) is 5.75 Å². The molecule has 9 heteroatoms. The van der Waals surface area contributed by atoms with Gasteiger partial charge in [-0.1, -0.05) is 18.2 Å². The number of ether oxygens (including phenoxy) is 2. The Bertz CT molecular complexity index is 866. The highest BCUT2D eigenvalue weighted by atomic mass is 32.2. The minimum Gasteiger partial charge on any atom is -0.482 e. The van der Waals surface area contributed by atoms with Crippen molar-refractivity contribution in [3.05, 3.63) is 54.6 Å². The monoisotopic (exact) mass is 378 g/mol. The second-order valence-corrected chi connectivity index (χ2v) is 6.85. The highest BCUT2D eigenvalue weighted by molar-refractivity contribution is 7.89. The van der Waals surface area contributed by atoms with Crippen LogP contribution in [0.4, 0.5) is 5.69 Å². The van der Waals surface area contributed by atoms with Crippen LogP contribution in [0, 0.1) is 0 Å². The predicted octanol–water partition coefficient (Wildman–Crippen LogP) is 1.28. The molecule has 0 unspecified atom stereocenters. The molecule has 0 bridgehead atoms. The third-order valence-electron chi connectivity index (χ3n) is 3.23. The van der Waals surface area contributed by atoms with Crippen LogP contribution in [0.2, 0.25) is 0 Å². The fraction of sp³-hybridized carbons (Fsp3) is 0.176. The van der Waals surface area contributed by atoms with Crippen molar-refractivity contribution in [1.29, 1.82) is 0 Å². The summed E-state index contributed by atoms with van der Waals surface area (Å²) >= 11 is 0. The summed E-state index contributed by atoms with van der Waals surface area (Å²) in [4.78, 5) is 23.7. The van der Waals surface area contributed by atoms with Gasteiger partial charge in [-0.3, -0.25) is 4.79 Å².